The summed E-state index contributed by atoms with van der Waals surface area (Å²) in [4.78, 5) is 28.8. The monoisotopic (exact) mass is 611 g/mol. The highest BCUT2D eigenvalue weighted by atomic mass is 79.9. The number of anilines is 1. The Kier molecular flexibility index (Phi) is 9.45. The van der Waals surface area contributed by atoms with Crippen LogP contribution in [0, 0.1) is 6.92 Å². The second-order valence-corrected chi connectivity index (χ2v) is 12.8. The fraction of sp³-hybridized carbons (Fsp3) is 0.333. The number of benzene rings is 3. The van der Waals surface area contributed by atoms with E-state index in [1.54, 1.807) is 55.5 Å². The van der Waals surface area contributed by atoms with E-state index in [1.165, 1.54) is 4.90 Å². The molecule has 0 radical (unpaired) electrons. The number of carbonyl (C=O) groups excluding carboxylic acids is 2. The van der Waals surface area contributed by atoms with Crippen molar-refractivity contribution in [3.8, 4) is 0 Å². The molecule has 1 N–H and O–H groups in total. The third kappa shape index (κ3) is 7.28. The van der Waals surface area contributed by atoms with Crippen molar-refractivity contribution in [1.82, 2.24) is 10.2 Å². The Bertz CT molecular complexity index is 1390. The fourth-order valence-corrected chi connectivity index (χ4v) is 6.55. The van der Waals surface area contributed by atoms with Crippen LogP contribution in [-0.2, 0) is 26.2 Å². The van der Waals surface area contributed by atoms with E-state index in [0.29, 0.717) is 10.2 Å². The lowest BCUT2D eigenvalue weighted by Gasteiger charge is -2.32. The smallest absolute Gasteiger partial charge is 0.264 e. The Hall–Kier alpha value is -3.17. The minimum atomic E-state index is -4.09. The van der Waals surface area contributed by atoms with Gasteiger partial charge in [-0.25, -0.2) is 8.42 Å². The molecule has 1 unspecified atom stereocenters. The second-order valence-electron chi connectivity index (χ2n) is 9.98. The zero-order valence-electron chi connectivity index (χ0n) is 22.2. The van der Waals surface area contributed by atoms with Crippen molar-refractivity contribution in [3.05, 3.63) is 94.5 Å². The maximum absolute atomic E-state index is 14.0. The molecule has 0 aromatic heterocycles. The molecule has 206 valence electrons. The van der Waals surface area contributed by atoms with Gasteiger partial charge in [0.1, 0.15) is 12.6 Å². The average molecular weight is 613 g/mol. The van der Waals surface area contributed by atoms with Crippen LogP contribution in [0.2, 0.25) is 0 Å². The lowest BCUT2D eigenvalue weighted by molar-refractivity contribution is -0.139. The van der Waals surface area contributed by atoms with E-state index in [-0.39, 0.29) is 23.4 Å². The molecule has 1 aliphatic rings. The fourth-order valence-electron chi connectivity index (χ4n) is 4.75. The molecule has 0 saturated heterocycles. The minimum Gasteiger partial charge on any atom is -0.352 e. The number of hydrogen-bond acceptors (Lipinski definition) is 4. The molecule has 0 bridgehead atoms. The Morgan fingerprint density at radius 2 is 1.64 bits per heavy atom. The molecule has 4 rings (SSSR count). The highest BCUT2D eigenvalue weighted by Crippen LogP contribution is 2.27. The normalized spacial score (nSPS) is 14.5. The van der Waals surface area contributed by atoms with Crippen LogP contribution in [0.1, 0.15) is 43.7 Å². The quantitative estimate of drug-likeness (QED) is 0.331. The molecular weight excluding hydrogens is 578 g/mol. The van der Waals surface area contributed by atoms with Crippen molar-refractivity contribution in [3.63, 3.8) is 0 Å². The molecule has 2 amide bonds. The summed E-state index contributed by atoms with van der Waals surface area (Å²) in [5, 5.41) is 3.08. The van der Waals surface area contributed by atoms with Crippen molar-refractivity contribution in [2.45, 2.75) is 63.1 Å². The number of sulfonamides is 1. The molecule has 3 aromatic carbocycles. The van der Waals surface area contributed by atoms with Gasteiger partial charge in [0.25, 0.3) is 10.0 Å². The number of nitrogens with one attached hydrogen (secondary N) is 1. The lowest BCUT2D eigenvalue weighted by atomic mass is 10.1. The first-order valence-corrected chi connectivity index (χ1v) is 15.4. The Labute approximate surface area is 239 Å². The molecule has 1 fully saturated rings. The van der Waals surface area contributed by atoms with E-state index in [9.17, 15) is 18.0 Å². The number of rotatable bonds is 10. The van der Waals surface area contributed by atoms with Gasteiger partial charge in [0.2, 0.25) is 11.8 Å². The van der Waals surface area contributed by atoms with Gasteiger partial charge >= 0.3 is 0 Å². The Morgan fingerprint density at radius 3 is 2.28 bits per heavy atom. The highest BCUT2D eigenvalue weighted by Gasteiger charge is 2.33. The van der Waals surface area contributed by atoms with Crippen LogP contribution >= 0.6 is 15.9 Å². The summed E-state index contributed by atoms with van der Waals surface area (Å²) in [6.07, 6.45) is 4.00. The van der Waals surface area contributed by atoms with Crippen LogP contribution in [0.15, 0.2) is 88.2 Å². The van der Waals surface area contributed by atoms with E-state index in [0.717, 1.165) is 41.1 Å². The molecule has 3 aromatic rings. The molecule has 0 spiro atoms. The maximum Gasteiger partial charge on any atom is 0.264 e. The number of aryl methyl sites for hydroxylation is 1. The minimum absolute atomic E-state index is 0.0857. The van der Waals surface area contributed by atoms with E-state index >= 15 is 0 Å². The van der Waals surface area contributed by atoms with Gasteiger partial charge in [-0.15, -0.1) is 0 Å². The molecule has 1 saturated carbocycles. The van der Waals surface area contributed by atoms with Gasteiger partial charge in [-0.3, -0.25) is 13.9 Å². The standard InChI is InChI=1S/C30H34BrN3O4S/c1-22-15-17-28(18-16-22)39(37,38)34(27-14-8-11-25(31)19-27)21-29(35)33(20-24-9-4-3-5-10-24)23(2)30(36)32-26-12-6-7-13-26/h3-5,8-11,14-19,23,26H,6-7,12-13,20-21H2,1-2H3,(H,32,36). The van der Waals surface area contributed by atoms with E-state index in [4.69, 9.17) is 0 Å². The van der Waals surface area contributed by atoms with Crippen LogP contribution < -0.4 is 9.62 Å². The van der Waals surface area contributed by atoms with Crippen molar-refractivity contribution >= 4 is 43.5 Å². The molecule has 39 heavy (non-hydrogen) atoms. The summed E-state index contributed by atoms with van der Waals surface area (Å²) in [6.45, 7) is 3.30. The largest absolute Gasteiger partial charge is 0.352 e. The SMILES string of the molecule is Cc1ccc(S(=O)(=O)N(CC(=O)N(Cc2ccccc2)C(C)C(=O)NC2CCCC2)c2cccc(Br)c2)cc1. The lowest BCUT2D eigenvalue weighted by Crippen LogP contribution is -2.52. The van der Waals surface area contributed by atoms with Crippen LogP contribution in [0.4, 0.5) is 5.69 Å². The number of halogens is 1. The number of hydrogen-bond donors (Lipinski definition) is 1. The molecule has 0 heterocycles. The number of carbonyl (C=O) groups is 2. The first-order chi connectivity index (χ1) is 18.6. The topological polar surface area (TPSA) is 86.8 Å². The molecule has 9 heteroatoms. The molecule has 7 nitrogen and oxygen atoms in total. The number of nitrogens with zero attached hydrogens (tertiary/aromatic N) is 2. The maximum atomic E-state index is 14.0. The summed E-state index contributed by atoms with van der Waals surface area (Å²) in [7, 11) is -4.09. The van der Waals surface area contributed by atoms with Crippen molar-refractivity contribution < 1.29 is 18.0 Å². The molecule has 0 aliphatic heterocycles. The van der Waals surface area contributed by atoms with Gasteiger partial charge in [-0.1, -0.05) is 82.9 Å². The van der Waals surface area contributed by atoms with Crippen LogP contribution in [0.5, 0.6) is 0 Å². The zero-order chi connectivity index (χ0) is 28.0. The van der Waals surface area contributed by atoms with E-state index < -0.39 is 28.5 Å². The van der Waals surface area contributed by atoms with Gasteiger partial charge in [-0.05, 0) is 62.6 Å². The first kappa shape index (κ1) is 28.8. The van der Waals surface area contributed by atoms with Crippen LogP contribution in [0.3, 0.4) is 0 Å². The van der Waals surface area contributed by atoms with Crippen molar-refractivity contribution in [1.29, 1.82) is 0 Å². The molecule has 1 aliphatic carbocycles. The Balaban J connectivity index is 1.67. The third-order valence-corrected chi connectivity index (χ3v) is 9.33. The predicted molar refractivity (Wildman–Crippen MR) is 157 cm³/mol. The Morgan fingerprint density at radius 1 is 0.974 bits per heavy atom. The van der Waals surface area contributed by atoms with E-state index in [2.05, 4.69) is 21.2 Å². The molecule has 1 atom stereocenters. The van der Waals surface area contributed by atoms with Crippen molar-refractivity contribution in [2.24, 2.45) is 0 Å². The van der Waals surface area contributed by atoms with Gasteiger partial charge in [0.15, 0.2) is 0 Å². The zero-order valence-corrected chi connectivity index (χ0v) is 24.6. The predicted octanol–water partition coefficient (Wildman–Crippen LogP) is 5.43. The van der Waals surface area contributed by atoms with Gasteiger partial charge < -0.3 is 10.2 Å². The van der Waals surface area contributed by atoms with Gasteiger partial charge in [0.05, 0.1) is 10.6 Å². The summed E-state index contributed by atoms with van der Waals surface area (Å²) in [5.74, 6) is -0.704. The van der Waals surface area contributed by atoms with E-state index in [1.807, 2.05) is 37.3 Å². The number of amides is 2. The second kappa shape index (κ2) is 12.8. The summed E-state index contributed by atoms with van der Waals surface area (Å²) in [5.41, 5.74) is 2.12. The van der Waals surface area contributed by atoms with Crippen LogP contribution in [-0.4, -0.2) is 43.8 Å². The van der Waals surface area contributed by atoms with Crippen LogP contribution in [0.25, 0.3) is 0 Å². The summed E-state index contributed by atoms with van der Waals surface area (Å²) in [6, 6.07) is 22.1. The van der Waals surface area contributed by atoms with Gasteiger partial charge in [0, 0.05) is 17.1 Å². The van der Waals surface area contributed by atoms with Gasteiger partial charge in [-0.2, -0.15) is 0 Å². The summed E-state index contributed by atoms with van der Waals surface area (Å²) >= 11 is 3.42. The highest BCUT2D eigenvalue weighted by molar-refractivity contribution is 9.10. The summed E-state index contributed by atoms with van der Waals surface area (Å²) < 4.78 is 29.5. The average Bonchev–Trinajstić information content (AvgIpc) is 3.43. The van der Waals surface area contributed by atoms with Crippen molar-refractivity contribution in [2.75, 3.05) is 10.8 Å². The molecular formula is C30H34BrN3O4S. The third-order valence-electron chi connectivity index (χ3n) is 7.05. The first-order valence-electron chi connectivity index (χ1n) is 13.1.